The summed E-state index contributed by atoms with van der Waals surface area (Å²) in [5, 5.41) is 0. The molecule has 0 aliphatic carbocycles. The molecule has 0 fully saturated rings. The smallest absolute Gasteiger partial charge is 0.163 e. The Kier molecular flexibility index (Phi) is 3.84. The molecule has 0 atom stereocenters. The Balaban J connectivity index is 3.03. The van der Waals surface area contributed by atoms with Crippen LogP contribution in [-0.2, 0) is 0 Å². The highest BCUT2D eigenvalue weighted by atomic mass is 16.1. The molecule has 1 aromatic rings. The van der Waals surface area contributed by atoms with Crippen LogP contribution >= 0.6 is 0 Å². The highest BCUT2D eigenvalue weighted by molar-refractivity contribution is 5.98. The van der Waals surface area contributed by atoms with Gasteiger partial charge in [0.2, 0.25) is 0 Å². The highest BCUT2D eigenvalue weighted by Crippen LogP contribution is 2.18. The number of rotatable bonds is 4. The Morgan fingerprint density at radius 2 is 1.80 bits per heavy atom. The quantitative estimate of drug-likeness (QED) is 0.536. The SMILES string of the molecule is C=CCCC(=O)c1c(C)cc(C)cc1C. The second kappa shape index (κ2) is 4.92. The van der Waals surface area contributed by atoms with E-state index in [1.54, 1.807) is 6.08 Å². The minimum Gasteiger partial charge on any atom is -0.294 e. The highest BCUT2D eigenvalue weighted by Gasteiger charge is 2.11. The van der Waals surface area contributed by atoms with Crippen LogP contribution in [0.1, 0.15) is 39.9 Å². The van der Waals surface area contributed by atoms with Gasteiger partial charge in [-0.3, -0.25) is 4.79 Å². The van der Waals surface area contributed by atoms with Crippen molar-refractivity contribution in [1.82, 2.24) is 0 Å². The van der Waals surface area contributed by atoms with Gasteiger partial charge in [0, 0.05) is 12.0 Å². The lowest BCUT2D eigenvalue weighted by Gasteiger charge is -2.09. The van der Waals surface area contributed by atoms with E-state index in [4.69, 9.17) is 0 Å². The van der Waals surface area contributed by atoms with Crippen molar-refractivity contribution in [2.24, 2.45) is 0 Å². The lowest BCUT2D eigenvalue weighted by molar-refractivity contribution is 0.0982. The lowest BCUT2D eigenvalue weighted by atomic mass is 9.95. The molecule has 0 aliphatic heterocycles. The summed E-state index contributed by atoms with van der Waals surface area (Å²) in [7, 11) is 0. The zero-order valence-electron chi connectivity index (χ0n) is 9.76. The summed E-state index contributed by atoms with van der Waals surface area (Å²) in [6.45, 7) is 9.69. The van der Waals surface area contributed by atoms with Crippen LogP contribution in [-0.4, -0.2) is 5.78 Å². The van der Waals surface area contributed by atoms with E-state index >= 15 is 0 Å². The fourth-order valence-electron chi connectivity index (χ4n) is 1.98. The van der Waals surface area contributed by atoms with E-state index in [2.05, 4.69) is 25.6 Å². The van der Waals surface area contributed by atoms with Gasteiger partial charge in [0.1, 0.15) is 0 Å². The molecule has 80 valence electrons. The molecule has 0 saturated carbocycles. The average molecular weight is 202 g/mol. The molecule has 15 heavy (non-hydrogen) atoms. The molecule has 0 amide bonds. The zero-order valence-corrected chi connectivity index (χ0v) is 9.76. The van der Waals surface area contributed by atoms with Gasteiger partial charge in [0.05, 0.1) is 0 Å². The van der Waals surface area contributed by atoms with E-state index < -0.39 is 0 Å². The van der Waals surface area contributed by atoms with Gasteiger partial charge in [-0.05, 0) is 38.3 Å². The molecule has 0 saturated heterocycles. The fraction of sp³-hybridized carbons (Fsp3) is 0.357. The van der Waals surface area contributed by atoms with Crippen molar-refractivity contribution in [2.75, 3.05) is 0 Å². The summed E-state index contributed by atoms with van der Waals surface area (Å²) >= 11 is 0. The Hall–Kier alpha value is -1.37. The summed E-state index contributed by atoms with van der Waals surface area (Å²) in [5.41, 5.74) is 4.27. The minimum absolute atomic E-state index is 0.227. The van der Waals surface area contributed by atoms with Gasteiger partial charge < -0.3 is 0 Å². The molecule has 1 aromatic carbocycles. The van der Waals surface area contributed by atoms with Crippen molar-refractivity contribution in [3.63, 3.8) is 0 Å². The summed E-state index contributed by atoms with van der Waals surface area (Å²) in [4.78, 5) is 11.9. The normalized spacial score (nSPS) is 10.1. The van der Waals surface area contributed by atoms with Crippen LogP contribution < -0.4 is 0 Å². The van der Waals surface area contributed by atoms with Gasteiger partial charge in [0.15, 0.2) is 5.78 Å². The summed E-state index contributed by atoms with van der Waals surface area (Å²) in [5.74, 6) is 0.227. The second-order valence-electron chi connectivity index (χ2n) is 4.02. The van der Waals surface area contributed by atoms with Crippen molar-refractivity contribution in [3.05, 3.63) is 47.0 Å². The number of hydrogen-bond acceptors (Lipinski definition) is 1. The topological polar surface area (TPSA) is 17.1 Å². The van der Waals surface area contributed by atoms with E-state index in [0.29, 0.717) is 6.42 Å². The van der Waals surface area contributed by atoms with Crippen LogP contribution in [0.5, 0.6) is 0 Å². The van der Waals surface area contributed by atoms with Gasteiger partial charge >= 0.3 is 0 Å². The molecule has 0 radical (unpaired) electrons. The van der Waals surface area contributed by atoms with Crippen molar-refractivity contribution in [2.45, 2.75) is 33.6 Å². The van der Waals surface area contributed by atoms with Crippen molar-refractivity contribution in [3.8, 4) is 0 Å². The van der Waals surface area contributed by atoms with Crippen LogP contribution in [0.25, 0.3) is 0 Å². The summed E-state index contributed by atoms with van der Waals surface area (Å²) in [6, 6.07) is 4.13. The van der Waals surface area contributed by atoms with Crippen LogP contribution in [0.4, 0.5) is 0 Å². The Morgan fingerprint density at radius 1 is 1.27 bits per heavy atom. The summed E-state index contributed by atoms with van der Waals surface area (Å²) in [6.07, 6.45) is 3.11. The maximum atomic E-state index is 11.9. The molecule has 0 aromatic heterocycles. The number of allylic oxidation sites excluding steroid dienone is 1. The van der Waals surface area contributed by atoms with Crippen LogP contribution in [0.3, 0.4) is 0 Å². The van der Waals surface area contributed by atoms with E-state index in [1.165, 1.54) is 5.56 Å². The number of benzene rings is 1. The maximum Gasteiger partial charge on any atom is 0.163 e. The molecule has 1 heteroatoms. The Labute approximate surface area is 91.8 Å². The molecule has 1 rings (SSSR count). The van der Waals surface area contributed by atoms with Gasteiger partial charge in [0.25, 0.3) is 0 Å². The standard InChI is InChI=1S/C14H18O/c1-5-6-7-13(15)14-11(3)8-10(2)9-12(14)4/h5,8-9H,1,6-7H2,2-4H3. The summed E-state index contributed by atoms with van der Waals surface area (Å²) < 4.78 is 0. The molecule has 0 unspecified atom stereocenters. The van der Waals surface area contributed by atoms with E-state index in [1.807, 2.05) is 13.8 Å². The third kappa shape index (κ3) is 2.79. The van der Waals surface area contributed by atoms with Crippen molar-refractivity contribution >= 4 is 5.78 Å². The third-order valence-electron chi connectivity index (χ3n) is 2.53. The third-order valence-corrected chi connectivity index (χ3v) is 2.53. The largest absolute Gasteiger partial charge is 0.294 e. The minimum atomic E-state index is 0.227. The Bertz CT molecular complexity index is 365. The number of ketones is 1. The molecule has 0 heterocycles. The second-order valence-corrected chi connectivity index (χ2v) is 4.02. The average Bonchev–Trinajstić information content (AvgIpc) is 2.12. The van der Waals surface area contributed by atoms with Gasteiger partial charge in [-0.25, -0.2) is 0 Å². The molecular weight excluding hydrogens is 184 g/mol. The van der Waals surface area contributed by atoms with Crippen LogP contribution in [0.2, 0.25) is 0 Å². The monoisotopic (exact) mass is 202 g/mol. The molecule has 0 spiro atoms. The first-order chi connectivity index (χ1) is 7.06. The first-order valence-corrected chi connectivity index (χ1v) is 5.28. The van der Waals surface area contributed by atoms with Crippen molar-refractivity contribution < 1.29 is 4.79 Å². The number of aryl methyl sites for hydroxylation is 3. The first-order valence-electron chi connectivity index (χ1n) is 5.28. The van der Waals surface area contributed by atoms with Gasteiger partial charge in [-0.2, -0.15) is 0 Å². The number of Topliss-reactive ketones (excluding diaryl/α,β-unsaturated/α-hetero) is 1. The van der Waals surface area contributed by atoms with Gasteiger partial charge in [-0.1, -0.05) is 23.8 Å². The lowest BCUT2D eigenvalue weighted by Crippen LogP contribution is -2.04. The molecule has 0 N–H and O–H groups in total. The number of carbonyl (C=O) groups is 1. The van der Waals surface area contributed by atoms with Crippen molar-refractivity contribution in [1.29, 1.82) is 0 Å². The number of carbonyl (C=O) groups excluding carboxylic acids is 1. The zero-order chi connectivity index (χ0) is 11.4. The maximum absolute atomic E-state index is 11.9. The Morgan fingerprint density at radius 3 is 2.27 bits per heavy atom. The molecule has 1 nitrogen and oxygen atoms in total. The van der Waals surface area contributed by atoms with E-state index in [-0.39, 0.29) is 5.78 Å². The molecule has 0 aliphatic rings. The van der Waals surface area contributed by atoms with Gasteiger partial charge in [-0.15, -0.1) is 6.58 Å². The molecular formula is C14H18O. The first kappa shape index (κ1) is 11.7. The van der Waals surface area contributed by atoms with Crippen LogP contribution in [0, 0.1) is 20.8 Å². The van der Waals surface area contributed by atoms with E-state index in [0.717, 1.165) is 23.1 Å². The van der Waals surface area contributed by atoms with Crippen LogP contribution in [0.15, 0.2) is 24.8 Å². The fourth-order valence-corrected chi connectivity index (χ4v) is 1.98. The predicted molar refractivity (Wildman–Crippen MR) is 64.4 cm³/mol. The van der Waals surface area contributed by atoms with E-state index in [9.17, 15) is 4.79 Å². The predicted octanol–water partition coefficient (Wildman–Crippen LogP) is 3.76. The molecule has 0 bridgehead atoms. The number of hydrogen-bond donors (Lipinski definition) is 0.